The van der Waals surface area contributed by atoms with Crippen LogP contribution < -0.4 is 15.4 Å². The summed E-state index contributed by atoms with van der Waals surface area (Å²) in [5.74, 6) is 2.97. The molecule has 0 aliphatic carbocycles. The van der Waals surface area contributed by atoms with E-state index in [2.05, 4.69) is 55.7 Å². The second kappa shape index (κ2) is 9.11. The van der Waals surface area contributed by atoms with E-state index in [-0.39, 0.29) is 0 Å². The zero-order chi connectivity index (χ0) is 22.0. The summed E-state index contributed by atoms with van der Waals surface area (Å²) in [5, 5.41) is 13.9. The van der Waals surface area contributed by atoms with Gasteiger partial charge in [-0.25, -0.2) is 4.98 Å². The Kier molecular flexibility index (Phi) is 6.29. The molecule has 1 aliphatic heterocycles. The number of aromatic amines is 1. The van der Waals surface area contributed by atoms with Gasteiger partial charge in [-0.15, -0.1) is 0 Å². The van der Waals surface area contributed by atoms with Gasteiger partial charge in [-0.3, -0.25) is 5.10 Å². The highest BCUT2D eigenvalue weighted by Crippen LogP contribution is 2.38. The monoisotopic (exact) mass is 441 g/mol. The number of aromatic nitrogens is 4. The summed E-state index contributed by atoms with van der Waals surface area (Å²) in [6.45, 7) is 6.23. The molecule has 1 saturated heterocycles. The summed E-state index contributed by atoms with van der Waals surface area (Å²) < 4.78 is 5.74. The lowest BCUT2D eigenvalue weighted by atomic mass is 9.88. The first-order chi connectivity index (χ1) is 14.9. The van der Waals surface area contributed by atoms with Crippen LogP contribution in [0.4, 0.5) is 23.3 Å². The summed E-state index contributed by atoms with van der Waals surface area (Å²) in [5.41, 5.74) is 4.23. The van der Waals surface area contributed by atoms with Crippen LogP contribution in [0.5, 0.6) is 5.75 Å². The van der Waals surface area contributed by atoms with Gasteiger partial charge in [0.2, 0.25) is 5.95 Å². The van der Waals surface area contributed by atoms with Gasteiger partial charge < -0.3 is 20.3 Å². The third-order valence-electron chi connectivity index (χ3n) is 5.68. The van der Waals surface area contributed by atoms with E-state index in [1.807, 2.05) is 19.1 Å². The third-order valence-corrected chi connectivity index (χ3v) is 5.95. The molecule has 3 aromatic rings. The van der Waals surface area contributed by atoms with Gasteiger partial charge in [0, 0.05) is 23.5 Å². The van der Waals surface area contributed by atoms with Crippen molar-refractivity contribution in [2.75, 3.05) is 37.9 Å². The predicted molar refractivity (Wildman–Crippen MR) is 124 cm³/mol. The van der Waals surface area contributed by atoms with Crippen molar-refractivity contribution in [2.24, 2.45) is 0 Å². The number of nitrogens with one attached hydrogen (secondary N) is 3. The maximum Gasteiger partial charge on any atom is 0.229 e. The number of likely N-dealkylation sites (tertiary alicyclic amines) is 1. The van der Waals surface area contributed by atoms with Gasteiger partial charge in [0.15, 0.2) is 11.6 Å². The minimum absolute atomic E-state index is 0.415. The summed E-state index contributed by atoms with van der Waals surface area (Å²) in [7, 11) is 3.90. The Morgan fingerprint density at radius 3 is 2.61 bits per heavy atom. The van der Waals surface area contributed by atoms with Crippen LogP contribution in [0.15, 0.2) is 24.4 Å². The molecule has 4 rings (SSSR count). The highest BCUT2D eigenvalue weighted by atomic mass is 35.5. The molecule has 0 bridgehead atoms. The maximum atomic E-state index is 6.28. The van der Waals surface area contributed by atoms with Gasteiger partial charge in [-0.1, -0.05) is 17.7 Å². The van der Waals surface area contributed by atoms with Gasteiger partial charge in [0.25, 0.3) is 0 Å². The van der Waals surface area contributed by atoms with E-state index in [0.717, 1.165) is 48.6 Å². The van der Waals surface area contributed by atoms with Crippen molar-refractivity contribution in [3.8, 4) is 5.75 Å². The number of anilines is 4. The number of hydrogen-bond acceptors (Lipinski definition) is 7. The number of nitrogens with zero attached hydrogens (tertiary/aromatic N) is 4. The fraction of sp³-hybridized carbons (Fsp3) is 0.409. The molecular formula is C22H28ClN7O. The normalized spacial score (nSPS) is 15.1. The van der Waals surface area contributed by atoms with Crippen LogP contribution in [0.2, 0.25) is 5.02 Å². The van der Waals surface area contributed by atoms with Crippen LogP contribution in [0.3, 0.4) is 0 Å². The summed E-state index contributed by atoms with van der Waals surface area (Å²) in [6.07, 6.45) is 3.85. The quantitative estimate of drug-likeness (QED) is 0.507. The van der Waals surface area contributed by atoms with Crippen molar-refractivity contribution >= 4 is 34.9 Å². The van der Waals surface area contributed by atoms with Crippen LogP contribution in [0.1, 0.15) is 35.6 Å². The Morgan fingerprint density at radius 2 is 1.94 bits per heavy atom. The minimum Gasteiger partial charge on any atom is -0.496 e. The van der Waals surface area contributed by atoms with E-state index in [0.29, 0.717) is 28.5 Å². The van der Waals surface area contributed by atoms with Gasteiger partial charge in [-0.2, -0.15) is 10.1 Å². The number of H-pyrrole nitrogens is 1. The number of methoxy groups -OCH3 is 1. The van der Waals surface area contributed by atoms with Crippen molar-refractivity contribution < 1.29 is 4.74 Å². The molecule has 31 heavy (non-hydrogen) atoms. The van der Waals surface area contributed by atoms with Crippen LogP contribution in [-0.4, -0.2) is 52.3 Å². The zero-order valence-electron chi connectivity index (χ0n) is 18.3. The summed E-state index contributed by atoms with van der Waals surface area (Å²) in [4.78, 5) is 11.2. The number of piperidine rings is 1. The zero-order valence-corrected chi connectivity index (χ0v) is 19.0. The first-order valence-electron chi connectivity index (χ1n) is 10.4. The SMILES string of the molecule is COc1cc(Nc2ncc(Cl)c(Nc3cc(C)[nH]n3)n2)c(C)cc1C1CCN(C)CC1. The average Bonchev–Trinajstić information content (AvgIpc) is 3.17. The van der Waals surface area contributed by atoms with Crippen LogP contribution in [-0.2, 0) is 0 Å². The molecule has 0 atom stereocenters. The van der Waals surface area contributed by atoms with E-state index in [9.17, 15) is 0 Å². The second-order valence-corrected chi connectivity index (χ2v) is 8.47. The Hall–Kier alpha value is -2.84. The fourth-order valence-corrected chi connectivity index (χ4v) is 4.04. The number of halogens is 1. The van der Waals surface area contributed by atoms with E-state index in [1.165, 1.54) is 5.56 Å². The van der Waals surface area contributed by atoms with Crippen molar-refractivity contribution in [1.82, 2.24) is 25.1 Å². The molecule has 1 aliphatic rings. The first kappa shape index (κ1) is 21.4. The lowest BCUT2D eigenvalue weighted by Gasteiger charge is -2.30. The molecule has 0 radical (unpaired) electrons. The first-order valence-corrected chi connectivity index (χ1v) is 10.8. The second-order valence-electron chi connectivity index (χ2n) is 8.06. The molecule has 1 aromatic carbocycles. The van der Waals surface area contributed by atoms with E-state index in [4.69, 9.17) is 16.3 Å². The van der Waals surface area contributed by atoms with E-state index < -0.39 is 0 Å². The molecule has 8 nitrogen and oxygen atoms in total. The molecule has 0 spiro atoms. The highest BCUT2D eigenvalue weighted by Gasteiger charge is 2.22. The summed E-state index contributed by atoms with van der Waals surface area (Å²) in [6, 6.07) is 6.13. The molecule has 164 valence electrons. The van der Waals surface area contributed by atoms with E-state index in [1.54, 1.807) is 13.3 Å². The van der Waals surface area contributed by atoms with Crippen molar-refractivity contribution in [2.45, 2.75) is 32.6 Å². The lowest BCUT2D eigenvalue weighted by Crippen LogP contribution is -2.29. The van der Waals surface area contributed by atoms with E-state index >= 15 is 0 Å². The van der Waals surface area contributed by atoms with Gasteiger partial charge >= 0.3 is 0 Å². The largest absolute Gasteiger partial charge is 0.496 e. The molecule has 0 saturated carbocycles. The number of benzene rings is 1. The van der Waals surface area contributed by atoms with Crippen molar-refractivity contribution in [3.05, 3.63) is 46.2 Å². The van der Waals surface area contributed by atoms with Gasteiger partial charge in [0.1, 0.15) is 10.8 Å². The number of hydrogen-bond donors (Lipinski definition) is 3. The Balaban J connectivity index is 1.57. The number of rotatable bonds is 6. The topological polar surface area (TPSA) is 91.0 Å². The standard InChI is InChI=1S/C22H28ClN7O/c1-13-9-16(15-5-7-30(3)8-6-15)19(31-4)11-18(13)25-22-24-12-17(23)21(27-22)26-20-10-14(2)28-29-20/h9-12,15H,5-8H2,1-4H3,(H3,24,25,26,27,28,29). The highest BCUT2D eigenvalue weighted by molar-refractivity contribution is 6.32. The van der Waals surface area contributed by atoms with Crippen LogP contribution in [0, 0.1) is 13.8 Å². The molecule has 1 fully saturated rings. The molecule has 0 amide bonds. The molecule has 0 unspecified atom stereocenters. The molecular weight excluding hydrogens is 414 g/mol. The smallest absolute Gasteiger partial charge is 0.229 e. The van der Waals surface area contributed by atoms with Gasteiger partial charge in [-0.05, 0) is 63.9 Å². The van der Waals surface area contributed by atoms with Crippen molar-refractivity contribution in [1.29, 1.82) is 0 Å². The van der Waals surface area contributed by atoms with Crippen LogP contribution >= 0.6 is 11.6 Å². The Bertz CT molecular complexity index is 1060. The van der Waals surface area contributed by atoms with Crippen LogP contribution in [0.25, 0.3) is 0 Å². The Labute approximate surface area is 187 Å². The molecule has 3 heterocycles. The Morgan fingerprint density at radius 1 is 1.16 bits per heavy atom. The predicted octanol–water partition coefficient (Wildman–Crippen LogP) is 4.77. The lowest BCUT2D eigenvalue weighted by molar-refractivity contribution is 0.252. The summed E-state index contributed by atoms with van der Waals surface area (Å²) >= 11 is 6.28. The number of aryl methyl sites for hydroxylation is 2. The number of ether oxygens (including phenoxy) is 1. The van der Waals surface area contributed by atoms with Crippen molar-refractivity contribution in [3.63, 3.8) is 0 Å². The minimum atomic E-state index is 0.415. The fourth-order valence-electron chi connectivity index (χ4n) is 3.90. The third kappa shape index (κ3) is 4.91. The molecule has 3 N–H and O–H groups in total. The van der Waals surface area contributed by atoms with Gasteiger partial charge in [0.05, 0.1) is 13.3 Å². The average molecular weight is 442 g/mol. The maximum absolute atomic E-state index is 6.28. The molecule has 9 heteroatoms. The molecule has 2 aromatic heterocycles.